The highest BCUT2D eigenvalue weighted by Gasteiger charge is 2.18. The Balaban J connectivity index is 2.44. The Bertz CT molecular complexity index is 390. The van der Waals surface area contributed by atoms with E-state index in [1.165, 1.54) is 4.88 Å². The van der Waals surface area contributed by atoms with Crippen molar-refractivity contribution in [1.82, 2.24) is 0 Å². The third-order valence-electron chi connectivity index (χ3n) is 2.81. The fourth-order valence-electron chi connectivity index (χ4n) is 1.69. The van der Waals surface area contributed by atoms with Crippen LogP contribution in [-0.4, -0.2) is 16.2 Å². The minimum Gasteiger partial charge on any atom is -0.481 e. The van der Waals surface area contributed by atoms with E-state index >= 15 is 0 Å². The lowest BCUT2D eigenvalue weighted by atomic mass is 9.95. The second-order valence-electron chi connectivity index (χ2n) is 5.61. The zero-order valence-corrected chi connectivity index (χ0v) is 12.1. The highest BCUT2D eigenvalue weighted by Crippen LogP contribution is 2.33. The molecule has 1 unspecified atom stereocenters. The first-order valence-corrected chi connectivity index (χ1v) is 7.12. The van der Waals surface area contributed by atoms with Gasteiger partial charge in [-0.3, -0.25) is 4.79 Å². The first-order valence-electron chi connectivity index (χ1n) is 6.31. The van der Waals surface area contributed by atoms with Crippen molar-refractivity contribution in [2.75, 3.05) is 0 Å². The van der Waals surface area contributed by atoms with Crippen LogP contribution in [-0.2, 0) is 10.2 Å². The normalized spacial score (nSPS) is 13.6. The van der Waals surface area contributed by atoms with Crippen LogP contribution in [0, 0.1) is 0 Å². The molecule has 1 aromatic rings. The first-order chi connectivity index (χ1) is 8.30. The zero-order chi connectivity index (χ0) is 13.8. The highest BCUT2D eigenvalue weighted by atomic mass is 32.1. The molecule has 0 bridgehead atoms. The van der Waals surface area contributed by atoms with Crippen molar-refractivity contribution in [2.45, 2.75) is 58.0 Å². The minimum atomic E-state index is -0.768. The summed E-state index contributed by atoms with van der Waals surface area (Å²) in [5, 5.41) is 18.6. The SMILES string of the molecule is CC(C)(C)c1ccc(C(O)CCCCC(=O)O)s1. The Hall–Kier alpha value is -0.870. The number of aliphatic carboxylic acids is 1. The van der Waals surface area contributed by atoms with E-state index < -0.39 is 12.1 Å². The number of aliphatic hydroxyl groups excluding tert-OH is 1. The standard InChI is InChI=1S/C14H22O3S/c1-14(2,3)12-9-8-11(18-12)10(15)6-4-5-7-13(16)17/h8-10,15H,4-7H2,1-3H3,(H,16,17). The minimum absolute atomic E-state index is 0.117. The van der Waals surface area contributed by atoms with Gasteiger partial charge in [0.2, 0.25) is 0 Å². The van der Waals surface area contributed by atoms with Crippen LogP contribution in [0.25, 0.3) is 0 Å². The molecule has 0 amide bonds. The molecule has 18 heavy (non-hydrogen) atoms. The Labute approximate surface area is 112 Å². The van der Waals surface area contributed by atoms with Crippen LogP contribution in [0.5, 0.6) is 0 Å². The summed E-state index contributed by atoms with van der Waals surface area (Å²) < 4.78 is 0. The van der Waals surface area contributed by atoms with Gasteiger partial charge in [0.1, 0.15) is 0 Å². The summed E-state index contributed by atoms with van der Waals surface area (Å²) in [4.78, 5) is 12.6. The van der Waals surface area contributed by atoms with Gasteiger partial charge in [0, 0.05) is 16.2 Å². The third-order valence-corrected chi connectivity index (χ3v) is 4.42. The number of hydrogen-bond donors (Lipinski definition) is 2. The maximum absolute atomic E-state index is 10.4. The lowest BCUT2D eigenvalue weighted by Crippen LogP contribution is -2.07. The Morgan fingerprint density at radius 3 is 2.50 bits per heavy atom. The topological polar surface area (TPSA) is 57.5 Å². The van der Waals surface area contributed by atoms with Gasteiger partial charge in [-0.1, -0.05) is 20.8 Å². The van der Waals surface area contributed by atoms with Crippen LogP contribution >= 0.6 is 11.3 Å². The van der Waals surface area contributed by atoms with Gasteiger partial charge < -0.3 is 10.2 Å². The van der Waals surface area contributed by atoms with Crippen LogP contribution < -0.4 is 0 Å². The van der Waals surface area contributed by atoms with E-state index in [2.05, 4.69) is 26.8 Å². The molecule has 4 heteroatoms. The molecule has 0 saturated carbocycles. The summed E-state index contributed by atoms with van der Waals surface area (Å²) in [6.07, 6.45) is 1.74. The molecule has 1 aromatic heterocycles. The summed E-state index contributed by atoms with van der Waals surface area (Å²) in [5.74, 6) is -0.768. The predicted octanol–water partition coefficient (Wildman–Crippen LogP) is 3.72. The van der Waals surface area contributed by atoms with E-state index in [4.69, 9.17) is 5.11 Å². The lowest BCUT2D eigenvalue weighted by molar-refractivity contribution is -0.137. The van der Waals surface area contributed by atoms with E-state index in [9.17, 15) is 9.90 Å². The van der Waals surface area contributed by atoms with E-state index in [-0.39, 0.29) is 11.8 Å². The van der Waals surface area contributed by atoms with Gasteiger partial charge in [0.05, 0.1) is 6.10 Å². The van der Waals surface area contributed by atoms with Crippen molar-refractivity contribution in [3.05, 3.63) is 21.9 Å². The van der Waals surface area contributed by atoms with Crippen LogP contribution in [0.4, 0.5) is 0 Å². The molecule has 102 valence electrons. The zero-order valence-electron chi connectivity index (χ0n) is 11.3. The van der Waals surface area contributed by atoms with Gasteiger partial charge in [-0.2, -0.15) is 0 Å². The Kier molecular flexibility index (Phi) is 5.35. The largest absolute Gasteiger partial charge is 0.481 e. The predicted molar refractivity (Wildman–Crippen MR) is 74.1 cm³/mol. The number of unbranched alkanes of at least 4 members (excludes halogenated alkanes) is 1. The van der Waals surface area contributed by atoms with Crippen molar-refractivity contribution in [3.63, 3.8) is 0 Å². The summed E-state index contributed by atoms with van der Waals surface area (Å²) in [7, 11) is 0. The van der Waals surface area contributed by atoms with E-state index in [0.29, 0.717) is 12.8 Å². The van der Waals surface area contributed by atoms with Crippen molar-refractivity contribution in [1.29, 1.82) is 0 Å². The molecule has 1 heterocycles. The van der Waals surface area contributed by atoms with E-state index in [1.54, 1.807) is 11.3 Å². The van der Waals surface area contributed by atoms with Gasteiger partial charge in [-0.25, -0.2) is 0 Å². The number of thiophene rings is 1. The second-order valence-corrected chi connectivity index (χ2v) is 6.72. The molecule has 1 atom stereocenters. The molecular formula is C14H22O3S. The molecule has 0 fully saturated rings. The third kappa shape index (κ3) is 4.78. The summed E-state index contributed by atoms with van der Waals surface area (Å²) >= 11 is 1.65. The van der Waals surface area contributed by atoms with Crippen molar-refractivity contribution in [2.24, 2.45) is 0 Å². The molecule has 0 saturated heterocycles. The number of carbonyl (C=O) groups is 1. The Morgan fingerprint density at radius 1 is 1.33 bits per heavy atom. The summed E-state index contributed by atoms with van der Waals surface area (Å²) in [6.45, 7) is 6.46. The molecule has 3 nitrogen and oxygen atoms in total. The average molecular weight is 270 g/mol. The monoisotopic (exact) mass is 270 g/mol. The fourth-order valence-corrected chi connectivity index (χ4v) is 2.78. The second kappa shape index (κ2) is 6.34. The van der Waals surface area contributed by atoms with Crippen LogP contribution in [0.2, 0.25) is 0 Å². The van der Waals surface area contributed by atoms with Gasteiger partial charge in [0.25, 0.3) is 0 Å². The summed E-state index contributed by atoms with van der Waals surface area (Å²) in [5.41, 5.74) is 0.117. The maximum Gasteiger partial charge on any atom is 0.303 e. The molecule has 0 aliphatic heterocycles. The van der Waals surface area contributed by atoms with Crippen LogP contribution in [0.3, 0.4) is 0 Å². The number of rotatable bonds is 6. The number of carboxylic acids is 1. The number of hydrogen-bond acceptors (Lipinski definition) is 3. The summed E-state index contributed by atoms with van der Waals surface area (Å²) in [6, 6.07) is 4.05. The first kappa shape index (κ1) is 15.2. The van der Waals surface area contributed by atoms with Crippen molar-refractivity contribution in [3.8, 4) is 0 Å². The molecular weight excluding hydrogens is 248 g/mol. The van der Waals surface area contributed by atoms with Crippen LogP contribution in [0.1, 0.15) is 62.3 Å². The fraction of sp³-hybridized carbons (Fsp3) is 0.643. The lowest BCUT2D eigenvalue weighted by Gasteiger charge is -2.15. The highest BCUT2D eigenvalue weighted by molar-refractivity contribution is 7.12. The quantitative estimate of drug-likeness (QED) is 0.774. The maximum atomic E-state index is 10.4. The van der Waals surface area contributed by atoms with Gasteiger partial charge in [-0.05, 0) is 36.8 Å². The molecule has 0 aliphatic rings. The number of aliphatic hydroxyl groups is 1. The number of carboxylic acid groups (broad SMARTS) is 1. The smallest absolute Gasteiger partial charge is 0.303 e. The molecule has 0 aromatic carbocycles. The van der Waals surface area contributed by atoms with E-state index in [0.717, 1.165) is 11.3 Å². The molecule has 0 radical (unpaired) electrons. The van der Waals surface area contributed by atoms with Gasteiger partial charge in [0.15, 0.2) is 0 Å². The van der Waals surface area contributed by atoms with Crippen molar-refractivity contribution < 1.29 is 15.0 Å². The average Bonchev–Trinajstić information content (AvgIpc) is 2.72. The molecule has 1 rings (SSSR count). The van der Waals surface area contributed by atoms with Crippen molar-refractivity contribution >= 4 is 17.3 Å². The Morgan fingerprint density at radius 2 is 2.00 bits per heavy atom. The van der Waals surface area contributed by atoms with Gasteiger partial charge >= 0.3 is 5.97 Å². The van der Waals surface area contributed by atoms with Crippen LogP contribution in [0.15, 0.2) is 12.1 Å². The van der Waals surface area contributed by atoms with Gasteiger partial charge in [-0.15, -0.1) is 11.3 Å². The molecule has 0 aliphatic carbocycles. The van der Waals surface area contributed by atoms with E-state index in [1.807, 2.05) is 6.07 Å². The molecule has 2 N–H and O–H groups in total. The molecule has 0 spiro atoms.